The second-order valence-electron chi connectivity index (χ2n) is 4.56. The Kier molecular flexibility index (Phi) is 5.53. The van der Waals surface area contributed by atoms with E-state index in [-0.39, 0.29) is 35.5 Å². The fourth-order valence-electron chi connectivity index (χ4n) is 1.52. The number of hydrogen-bond acceptors (Lipinski definition) is 4. The molecule has 0 aromatic heterocycles. The number of rotatable bonds is 5. The molecule has 0 saturated carbocycles. The van der Waals surface area contributed by atoms with Crippen molar-refractivity contribution in [2.24, 2.45) is 0 Å². The van der Waals surface area contributed by atoms with E-state index in [0.29, 0.717) is 0 Å². The maximum absolute atomic E-state index is 11.6. The van der Waals surface area contributed by atoms with Crippen molar-refractivity contribution in [1.29, 1.82) is 0 Å². The van der Waals surface area contributed by atoms with Crippen LogP contribution in [0.4, 0.5) is 10.5 Å². The van der Waals surface area contributed by atoms with Crippen LogP contribution in [0.15, 0.2) is 18.2 Å². The molecule has 0 atom stereocenters. The van der Waals surface area contributed by atoms with Gasteiger partial charge in [-0.25, -0.2) is 9.59 Å². The van der Waals surface area contributed by atoms with Crippen molar-refractivity contribution in [3.8, 4) is 5.75 Å². The van der Waals surface area contributed by atoms with Crippen LogP contribution < -0.4 is 16.0 Å². The first-order valence-electron chi connectivity index (χ1n) is 6.20. The number of benzene rings is 1. The highest BCUT2D eigenvalue weighted by atomic mass is 16.4. The Morgan fingerprint density at radius 2 is 1.90 bits per heavy atom. The van der Waals surface area contributed by atoms with Crippen LogP contribution in [0.3, 0.4) is 0 Å². The van der Waals surface area contributed by atoms with Gasteiger partial charge in [-0.1, -0.05) is 0 Å². The van der Waals surface area contributed by atoms with Gasteiger partial charge in [0, 0.05) is 6.04 Å². The van der Waals surface area contributed by atoms with Gasteiger partial charge in [-0.3, -0.25) is 4.79 Å². The molecule has 0 bridgehead atoms. The molecule has 1 aromatic carbocycles. The number of carbonyl (C=O) groups excluding carboxylic acids is 2. The number of hydrogen-bond donors (Lipinski definition) is 5. The van der Waals surface area contributed by atoms with Gasteiger partial charge in [-0.05, 0) is 32.0 Å². The summed E-state index contributed by atoms with van der Waals surface area (Å²) in [5, 5.41) is 25.4. The minimum absolute atomic E-state index is 0.0158. The molecule has 8 heteroatoms. The van der Waals surface area contributed by atoms with E-state index in [0.717, 1.165) is 6.07 Å². The molecule has 114 valence electrons. The molecular weight excluding hydrogens is 278 g/mol. The second kappa shape index (κ2) is 7.13. The smallest absolute Gasteiger partial charge is 0.337 e. The second-order valence-corrected chi connectivity index (χ2v) is 4.56. The van der Waals surface area contributed by atoms with E-state index in [1.165, 1.54) is 12.1 Å². The van der Waals surface area contributed by atoms with E-state index in [1.54, 1.807) is 13.8 Å². The van der Waals surface area contributed by atoms with Crippen LogP contribution in [0.25, 0.3) is 0 Å². The molecule has 0 saturated heterocycles. The molecule has 5 N–H and O–H groups in total. The van der Waals surface area contributed by atoms with Crippen molar-refractivity contribution < 1.29 is 24.6 Å². The molecule has 0 spiro atoms. The van der Waals surface area contributed by atoms with Crippen LogP contribution in [-0.2, 0) is 4.79 Å². The number of carboxylic acid groups (broad SMARTS) is 1. The van der Waals surface area contributed by atoms with Crippen molar-refractivity contribution in [2.75, 3.05) is 11.9 Å². The fourth-order valence-corrected chi connectivity index (χ4v) is 1.52. The summed E-state index contributed by atoms with van der Waals surface area (Å²) in [6.07, 6.45) is 0. The summed E-state index contributed by atoms with van der Waals surface area (Å²) in [4.78, 5) is 34.0. The van der Waals surface area contributed by atoms with Crippen molar-refractivity contribution in [3.63, 3.8) is 0 Å². The van der Waals surface area contributed by atoms with Gasteiger partial charge >= 0.3 is 12.0 Å². The molecule has 3 amide bonds. The van der Waals surface area contributed by atoms with Gasteiger partial charge in [-0.2, -0.15) is 0 Å². The SMILES string of the molecule is CC(C)NC(=O)CNC(=O)Nc1ccc(O)cc1C(=O)O. The average molecular weight is 295 g/mol. The molecule has 0 heterocycles. The van der Waals surface area contributed by atoms with E-state index in [1.807, 2.05) is 0 Å². The Hall–Kier alpha value is -2.77. The van der Waals surface area contributed by atoms with Gasteiger partial charge in [0.1, 0.15) is 5.75 Å². The first-order valence-corrected chi connectivity index (χ1v) is 6.20. The van der Waals surface area contributed by atoms with Crippen LogP contribution in [0.2, 0.25) is 0 Å². The zero-order valence-electron chi connectivity index (χ0n) is 11.6. The first-order chi connectivity index (χ1) is 9.79. The Balaban J connectivity index is 2.63. The quantitative estimate of drug-likeness (QED) is 0.512. The molecule has 0 radical (unpaired) electrons. The molecule has 8 nitrogen and oxygen atoms in total. The van der Waals surface area contributed by atoms with E-state index in [2.05, 4.69) is 16.0 Å². The van der Waals surface area contributed by atoms with E-state index in [4.69, 9.17) is 5.11 Å². The Morgan fingerprint density at radius 1 is 1.24 bits per heavy atom. The van der Waals surface area contributed by atoms with Crippen LogP contribution in [0.5, 0.6) is 5.75 Å². The highest BCUT2D eigenvalue weighted by molar-refractivity contribution is 6.01. The third-order valence-corrected chi connectivity index (χ3v) is 2.34. The maximum atomic E-state index is 11.6. The molecule has 0 unspecified atom stereocenters. The summed E-state index contributed by atoms with van der Waals surface area (Å²) in [7, 11) is 0. The van der Waals surface area contributed by atoms with Crippen molar-refractivity contribution in [3.05, 3.63) is 23.8 Å². The van der Waals surface area contributed by atoms with Gasteiger partial charge in [0.2, 0.25) is 5.91 Å². The number of carboxylic acids is 1. The van der Waals surface area contributed by atoms with Crippen molar-refractivity contribution >= 4 is 23.6 Å². The molecule has 1 aromatic rings. The number of amides is 3. The fraction of sp³-hybridized carbons (Fsp3) is 0.308. The number of urea groups is 1. The van der Waals surface area contributed by atoms with Gasteiger partial charge in [0.25, 0.3) is 0 Å². The summed E-state index contributed by atoms with van der Waals surface area (Å²) in [5.41, 5.74) is -0.237. The van der Waals surface area contributed by atoms with Gasteiger partial charge < -0.3 is 26.2 Å². The highest BCUT2D eigenvalue weighted by Crippen LogP contribution is 2.21. The highest BCUT2D eigenvalue weighted by Gasteiger charge is 2.14. The standard InChI is InChI=1S/C13H17N3O5/c1-7(2)15-11(18)6-14-13(21)16-10-4-3-8(17)5-9(10)12(19)20/h3-5,7,17H,6H2,1-2H3,(H,15,18)(H,19,20)(H2,14,16,21). The zero-order chi connectivity index (χ0) is 16.0. The molecule has 0 aliphatic heterocycles. The molecule has 0 aliphatic rings. The van der Waals surface area contributed by atoms with Crippen LogP contribution in [0, 0.1) is 0 Å². The number of carbonyl (C=O) groups is 3. The number of phenols is 1. The van der Waals surface area contributed by atoms with Gasteiger partial charge in [0.15, 0.2) is 0 Å². The van der Waals surface area contributed by atoms with E-state index >= 15 is 0 Å². The largest absolute Gasteiger partial charge is 0.508 e. The van der Waals surface area contributed by atoms with Gasteiger partial charge in [0.05, 0.1) is 17.8 Å². The number of aromatic hydroxyl groups is 1. The lowest BCUT2D eigenvalue weighted by atomic mass is 10.1. The van der Waals surface area contributed by atoms with Crippen molar-refractivity contribution in [2.45, 2.75) is 19.9 Å². The Bertz CT molecular complexity index is 557. The summed E-state index contributed by atoms with van der Waals surface area (Å²) < 4.78 is 0. The summed E-state index contributed by atoms with van der Waals surface area (Å²) >= 11 is 0. The number of nitrogens with one attached hydrogen (secondary N) is 3. The lowest BCUT2D eigenvalue weighted by Gasteiger charge is -2.11. The van der Waals surface area contributed by atoms with E-state index in [9.17, 15) is 19.5 Å². The lowest BCUT2D eigenvalue weighted by molar-refractivity contribution is -0.120. The zero-order valence-corrected chi connectivity index (χ0v) is 11.6. The first kappa shape index (κ1) is 16.3. The number of anilines is 1. The van der Waals surface area contributed by atoms with E-state index < -0.39 is 12.0 Å². The molecule has 1 rings (SSSR count). The molecule has 0 fully saturated rings. The monoisotopic (exact) mass is 295 g/mol. The Labute approximate surface area is 121 Å². The summed E-state index contributed by atoms with van der Waals surface area (Å²) in [6, 6.07) is 2.75. The minimum atomic E-state index is -1.29. The summed E-state index contributed by atoms with van der Waals surface area (Å²) in [5.74, 6) is -1.88. The lowest BCUT2D eigenvalue weighted by Crippen LogP contribution is -2.41. The average Bonchev–Trinajstić information content (AvgIpc) is 2.37. The number of aromatic carboxylic acids is 1. The third kappa shape index (κ3) is 5.39. The van der Waals surface area contributed by atoms with Crippen molar-refractivity contribution in [1.82, 2.24) is 10.6 Å². The maximum Gasteiger partial charge on any atom is 0.337 e. The molecular formula is C13H17N3O5. The molecule has 21 heavy (non-hydrogen) atoms. The minimum Gasteiger partial charge on any atom is -0.508 e. The topological polar surface area (TPSA) is 128 Å². The predicted octanol–water partition coefficient (Wildman–Crippen LogP) is 0.736. The van der Waals surface area contributed by atoms with Gasteiger partial charge in [-0.15, -0.1) is 0 Å². The van der Waals surface area contributed by atoms with Crippen LogP contribution in [-0.4, -0.2) is 40.7 Å². The number of phenolic OH excluding ortho intramolecular Hbond substituents is 1. The third-order valence-electron chi connectivity index (χ3n) is 2.34. The Morgan fingerprint density at radius 3 is 2.48 bits per heavy atom. The summed E-state index contributed by atoms with van der Waals surface area (Å²) in [6.45, 7) is 3.34. The van der Waals surface area contributed by atoms with Crippen LogP contribution >= 0.6 is 0 Å². The normalized spacial score (nSPS) is 10.0. The van der Waals surface area contributed by atoms with Crippen LogP contribution in [0.1, 0.15) is 24.2 Å². The molecule has 0 aliphatic carbocycles. The predicted molar refractivity (Wildman–Crippen MR) is 75.4 cm³/mol.